The van der Waals surface area contributed by atoms with Crippen LogP contribution in [0, 0.1) is 6.92 Å². The highest BCUT2D eigenvalue weighted by molar-refractivity contribution is 7.88. The van der Waals surface area contributed by atoms with E-state index in [1.54, 1.807) is 6.92 Å². The Hall–Kier alpha value is -1.09. The summed E-state index contributed by atoms with van der Waals surface area (Å²) in [6.45, 7) is 3.18. The summed E-state index contributed by atoms with van der Waals surface area (Å²) in [5, 5.41) is 5.79. The molecule has 0 aliphatic carbocycles. The number of carbonyl (C=O) groups excluding carboxylic acids is 1. The molecule has 0 saturated carbocycles. The van der Waals surface area contributed by atoms with Crippen molar-refractivity contribution in [1.29, 1.82) is 0 Å². The van der Waals surface area contributed by atoms with Gasteiger partial charge in [0.1, 0.15) is 5.76 Å². The van der Waals surface area contributed by atoms with Crippen LogP contribution in [-0.4, -0.2) is 51.9 Å². The van der Waals surface area contributed by atoms with Gasteiger partial charge in [-0.3, -0.25) is 4.79 Å². The van der Waals surface area contributed by atoms with Gasteiger partial charge in [-0.25, -0.2) is 12.7 Å². The van der Waals surface area contributed by atoms with E-state index in [0.29, 0.717) is 5.76 Å². The van der Waals surface area contributed by atoms with Crippen LogP contribution in [0.2, 0.25) is 0 Å². The molecule has 7 nitrogen and oxygen atoms in total. The number of rotatable bonds is 4. The fourth-order valence-electron chi connectivity index (χ4n) is 2.03. The number of nitrogens with one attached hydrogen (secondary N) is 2. The van der Waals surface area contributed by atoms with Gasteiger partial charge in [-0.1, -0.05) is 0 Å². The SMILES string of the molecule is Cc1oc(S(=O)(=O)N(C)C)cc1C(=O)NC1CCNC1.Cl. The molecule has 1 aliphatic rings. The summed E-state index contributed by atoms with van der Waals surface area (Å²) in [6, 6.07) is 1.35. The highest BCUT2D eigenvalue weighted by atomic mass is 35.5. The van der Waals surface area contributed by atoms with E-state index in [9.17, 15) is 13.2 Å². The van der Waals surface area contributed by atoms with Gasteiger partial charge in [0, 0.05) is 32.7 Å². The maximum absolute atomic E-state index is 12.1. The largest absolute Gasteiger partial charge is 0.448 e. The predicted molar refractivity (Wildman–Crippen MR) is 80.3 cm³/mol. The highest BCUT2D eigenvalue weighted by Crippen LogP contribution is 2.21. The number of halogens is 1. The van der Waals surface area contributed by atoms with Crippen LogP contribution in [0.3, 0.4) is 0 Å². The fraction of sp³-hybridized carbons (Fsp3) is 0.583. The molecule has 120 valence electrons. The number of aryl methyl sites for hydroxylation is 1. The Morgan fingerprint density at radius 2 is 2.14 bits per heavy atom. The lowest BCUT2D eigenvalue weighted by Gasteiger charge is -2.10. The van der Waals surface area contributed by atoms with Crippen molar-refractivity contribution >= 4 is 28.3 Å². The summed E-state index contributed by atoms with van der Waals surface area (Å²) >= 11 is 0. The minimum atomic E-state index is -3.67. The molecule has 21 heavy (non-hydrogen) atoms. The van der Waals surface area contributed by atoms with Crippen LogP contribution in [-0.2, 0) is 10.0 Å². The zero-order valence-electron chi connectivity index (χ0n) is 12.2. The van der Waals surface area contributed by atoms with E-state index in [1.165, 1.54) is 20.2 Å². The zero-order chi connectivity index (χ0) is 14.9. The molecule has 2 rings (SSSR count). The summed E-state index contributed by atoms with van der Waals surface area (Å²) in [4.78, 5) is 12.1. The van der Waals surface area contributed by atoms with Crippen LogP contribution in [0.4, 0.5) is 0 Å². The molecule has 2 N–H and O–H groups in total. The average Bonchev–Trinajstić information content (AvgIpc) is 2.98. The third kappa shape index (κ3) is 3.76. The first-order chi connectivity index (χ1) is 9.32. The van der Waals surface area contributed by atoms with Crippen molar-refractivity contribution < 1.29 is 17.6 Å². The molecule has 0 aromatic carbocycles. The number of hydrogen-bond acceptors (Lipinski definition) is 5. The first kappa shape index (κ1) is 18.0. The van der Waals surface area contributed by atoms with Crippen LogP contribution in [0.15, 0.2) is 15.6 Å². The molecule has 0 bridgehead atoms. The van der Waals surface area contributed by atoms with E-state index in [1.807, 2.05) is 0 Å². The minimum Gasteiger partial charge on any atom is -0.448 e. The topological polar surface area (TPSA) is 91.7 Å². The second-order valence-electron chi connectivity index (χ2n) is 4.99. The van der Waals surface area contributed by atoms with Crippen LogP contribution < -0.4 is 10.6 Å². The first-order valence-electron chi connectivity index (χ1n) is 6.37. The van der Waals surface area contributed by atoms with Gasteiger partial charge in [-0.2, -0.15) is 0 Å². The molecule has 1 fully saturated rings. The Morgan fingerprint density at radius 3 is 2.67 bits per heavy atom. The molecule has 2 heterocycles. The number of hydrogen-bond donors (Lipinski definition) is 2. The molecule has 1 aromatic heterocycles. The van der Waals surface area contributed by atoms with E-state index < -0.39 is 10.0 Å². The Kier molecular flexibility index (Phi) is 5.80. The van der Waals surface area contributed by atoms with Crippen molar-refractivity contribution in [2.75, 3.05) is 27.2 Å². The normalized spacial score (nSPS) is 18.6. The van der Waals surface area contributed by atoms with Gasteiger partial charge < -0.3 is 15.1 Å². The van der Waals surface area contributed by atoms with Crippen molar-refractivity contribution in [2.24, 2.45) is 0 Å². The molecule has 0 radical (unpaired) electrons. The summed E-state index contributed by atoms with van der Waals surface area (Å²) in [7, 11) is -0.837. The molecule has 1 aromatic rings. The molecule has 9 heteroatoms. The van der Waals surface area contributed by atoms with Gasteiger partial charge in [0.15, 0.2) is 0 Å². The number of amides is 1. The second-order valence-corrected chi connectivity index (χ2v) is 7.07. The lowest BCUT2D eigenvalue weighted by molar-refractivity contribution is 0.0938. The van der Waals surface area contributed by atoms with Crippen molar-refractivity contribution in [1.82, 2.24) is 14.9 Å². The Labute approximate surface area is 130 Å². The molecular weight excluding hydrogens is 318 g/mol. The van der Waals surface area contributed by atoms with Crippen molar-refractivity contribution in [2.45, 2.75) is 24.5 Å². The molecule has 1 atom stereocenters. The maximum Gasteiger partial charge on any atom is 0.275 e. The molecule has 1 amide bonds. The Balaban J connectivity index is 0.00000220. The summed E-state index contributed by atoms with van der Waals surface area (Å²) < 4.78 is 30.2. The van der Waals surface area contributed by atoms with Gasteiger partial charge in [-0.15, -0.1) is 12.4 Å². The lowest BCUT2D eigenvalue weighted by Crippen LogP contribution is -2.36. The number of nitrogens with zero attached hydrogens (tertiary/aromatic N) is 1. The number of carbonyl (C=O) groups is 1. The minimum absolute atomic E-state index is 0. The van der Waals surface area contributed by atoms with Crippen LogP contribution in [0.5, 0.6) is 0 Å². The number of sulfonamides is 1. The van der Waals surface area contributed by atoms with Gasteiger partial charge in [0.25, 0.3) is 15.9 Å². The van der Waals surface area contributed by atoms with Gasteiger partial charge in [0.2, 0.25) is 5.09 Å². The van der Waals surface area contributed by atoms with Crippen LogP contribution in [0.25, 0.3) is 0 Å². The van der Waals surface area contributed by atoms with E-state index in [4.69, 9.17) is 4.42 Å². The summed E-state index contributed by atoms with van der Waals surface area (Å²) in [6.07, 6.45) is 0.867. The van der Waals surface area contributed by atoms with Gasteiger partial charge >= 0.3 is 0 Å². The van der Waals surface area contributed by atoms with E-state index >= 15 is 0 Å². The molecular formula is C12H20ClN3O4S. The van der Waals surface area contributed by atoms with E-state index in [0.717, 1.165) is 23.8 Å². The maximum atomic E-state index is 12.1. The zero-order valence-corrected chi connectivity index (χ0v) is 13.8. The van der Waals surface area contributed by atoms with Crippen LogP contribution >= 0.6 is 12.4 Å². The third-order valence-electron chi connectivity index (χ3n) is 3.27. The van der Waals surface area contributed by atoms with Gasteiger partial charge in [0.05, 0.1) is 5.56 Å². The Bertz CT molecular complexity index is 606. The fourth-order valence-corrected chi connectivity index (χ4v) is 2.89. The molecule has 0 spiro atoms. The lowest BCUT2D eigenvalue weighted by atomic mass is 10.2. The number of furan rings is 1. The second kappa shape index (κ2) is 6.78. The smallest absolute Gasteiger partial charge is 0.275 e. The van der Waals surface area contributed by atoms with E-state index in [-0.39, 0.29) is 35.0 Å². The molecule has 1 unspecified atom stereocenters. The van der Waals surface area contributed by atoms with E-state index in [2.05, 4.69) is 10.6 Å². The Morgan fingerprint density at radius 1 is 1.48 bits per heavy atom. The highest BCUT2D eigenvalue weighted by Gasteiger charge is 2.27. The van der Waals surface area contributed by atoms with Crippen molar-refractivity contribution in [3.63, 3.8) is 0 Å². The van der Waals surface area contributed by atoms with Crippen molar-refractivity contribution in [3.8, 4) is 0 Å². The molecule has 1 aliphatic heterocycles. The first-order valence-corrected chi connectivity index (χ1v) is 7.81. The summed E-state index contributed by atoms with van der Waals surface area (Å²) in [5.74, 6) is -0.00552. The molecule has 1 saturated heterocycles. The quantitative estimate of drug-likeness (QED) is 0.827. The standard InChI is InChI=1S/C12H19N3O4S.ClH/c1-8-10(12(16)14-9-4-5-13-7-9)6-11(19-8)20(17,18)15(2)3;/h6,9,13H,4-5,7H2,1-3H3,(H,14,16);1H. The van der Waals surface area contributed by atoms with Gasteiger partial charge in [-0.05, 0) is 19.9 Å². The average molecular weight is 338 g/mol. The van der Waals surface area contributed by atoms with Crippen LogP contribution in [0.1, 0.15) is 22.5 Å². The third-order valence-corrected chi connectivity index (χ3v) is 4.94. The summed E-state index contributed by atoms with van der Waals surface area (Å²) in [5.41, 5.74) is 0.261. The van der Waals surface area contributed by atoms with Crippen molar-refractivity contribution in [3.05, 3.63) is 17.4 Å². The monoisotopic (exact) mass is 337 g/mol. The predicted octanol–water partition coefficient (Wildman–Crippen LogP) is 0.352.